The molecule has 1 aromatic heterocycles. The number of aromatic amines is 1. The fourth-order valence-corrected chi connectivity index (χ4v) is 15.5. The van der Waals surface area contributed by atoms with E-state index in [0.717, 1.165) is 0 Å². The maximum atomic E-state index is 15.6. The monoisotopic (exact) mass is 1930 g/mol. The van der Waals surface area contributed by atoms with E-state index in [1.165, 1.54) is 106 Å². The Balaban J connectivity index is 1.59. The van der Waals surface area contributed by atoms with Crippen molar-refractivity contribution in [2.45, 2.75) is 308 Å². The van der Waals surface area contributed by atoms with Gasteiger partial charge < -0.3 is 106 Å². The number of Topliss-reactive ketones (excluding diaryl/α,β-unsaturated/α-hetero) is 4. The molecular weight excluding hydrogens is 1790 g/mol. The summed E-state index contributed by atoms with van der Waals surface area (Å²) in [4.78, 5) is 283. The molecule has 0 fully saturated rings. The molecule has 23 N–H and O–H groups in total. The molecular formula is C96H141N19O23. The lowest BCUT2D eigenvalue weighted by atomic mass is 9.89. The number of H-pyrrole nitrogens is 1. The highest BCUT2D eigenvalue weighted by Gasteiger charge is 2.44. The molecule has 17 atom stereocenters. The van der Waals surface area contributed by atoms with Crippen LogP contribution in [0.25, 0.3) is 10.9 Å². The fraction of sp³-hybridized carbons (Fsp3) is 0.562. The highest BCUT2D eigenvalue weighted by atomic mass is 16.4. The van der Waals surface area contributed by atoms with Crippen molar-refractivity contribution in [1.82, 2.24) is 89.9 Å². The number of aromatic hydroxyl groups is 1. The number of carboxylic acid groups (broad SMARTS) is 1. The lowest BCUT2D eigenvalue weighted by Crippen LogP contribution is -2.65. The number of hydrogen-bond donors (Lipinski definition) is 21. The van der Waals surface area contributed by atoms with E-state index in [0.29, 0.717) is 59.7 Å². The summed E-state index contributed by atoms with van der Waals surface area (Å²) in [6.07, 6.45) is 2.86. The van der Waals surface area contributed by atoms with Crippen LogP contribution in [0.4, 0.5) is 0 Å². The van der Waals surface area contributed by atoms with Crippen molar-refractivity contribution in [3.8, 4) is 5.75 Å². The number of fused-ring (bicyclic) bond motifs is 1. The summed E-state index contributed by atoms with van der Waals surface area (Å²) in [5, 5.41) is 70.3. The topological polar surface area (TPSA) is 654 Å². The number of primary amides is 2. The average molecular weight is 1930 g/mol. The summed E-state index contributed by atoms with van der Waals surface area (Å²) in [6.45, 7) is 19.4. The Morgan fingerprint density at radius 1 is 0.529 bits per heavy atom. The van der Waals surface area contributed by atoms with Crippen LogP contribution in [0.3, 0.4) is 0 Å². The van der Waals surface area contributed by atoms with Gasteiger partial charge in [0, 0.05) is 69.7 Å². The van der Waals surface area contributed by atoms with Crippen LogP contribution in [0, 0.1) is 17.8 Å². The minimum atomic E-state index is -2.08. The number of nitrogens with two attached hydrogens (primary N) is 2. The summed E-state index contributed by atoms with van der Waals surface area (Å²) in [6, 6.07) is 0.971. The molecule has 0 aliphatic carbocycles. The van der Waals surface area contributed by atoms with E-state index in [1.54, 1.807) is 88.5 Å². The van der Waals surface area contributed by atoms with Gasteiger partial charge in [-0.1, -0.05) is 120 Å². The Morgan fingerprint density at radius 3 is 1.67 bits per heavy atom. The Morgan fingerprint density at radius 2 is 1.09 bits per heavy atom. The second-order valence-corrected chi connectivity index (χ2v) is 36.9. The van der Waals surface area contributed by atoms with Gasteiger partial charge in [0.2, 0.25) is 112 Å². The predicted octanol–water partition coefficient (Wildman–Crippen LogP) is -0.0516. The van der Waals surface area contributed by atoms with E-state index in [4.69, 9.17) is 11.5 Å². The number of rotatable bonds is 39. The summed E-state index contributed by atoms with van der Waals surface area (Å²) in [5.41, 5.74) is 11.4. The number of phenolic OH excluding ortho intramolecular Hbond substituents is 1. The van der Waals surface area contributed by atoms with Crippen LogP contribution >= 0.6 is 0 Å². The Bertz CT molecular complexity index is 4970. The molecule has 138 heavy (non-hydrogen) atoms. The minimum absolute atomic E-state index is 0.0819. The molecule has 4 aromatic rings. The number of hydrazine groups is 1. The van der Waals surface area contributed by atoms with E-state index in [9.17, 15) is 82.4 Å². The number of ketones is 4. The number of aliphatic hydroxyl groups is 1. The number of hydrogen-bond acceptors (Lipinski definition) is 25. The molecule has 42 nitrogen and oxygen atoms in total. The van der Waals surface area contributed by atoms with Crippen LogP contribution in [-0.2, 0) is 115 Å². The van der Waals surface area contributed by atoms with Crippen molar-refractivity contribution >= 4 is 129 Å². The minimum Gasteiger partial charge on any atom is -0.508 e. The van der Waals surface area contributed by atoms with Crippen LogP contribution < -0.4 is 91.3 Å². The molecule has 42 heteroatoms. The molecule has 0 saturated carbocycles. The predicted molar refractivity (Wildman–Crippen MR) is 509 cm³/mol. The van der Waals surface area contributed by atoms with Gasteiger partial charge >= 0.3 is 5.97 Å². The number of amides is 15. The Hall–Kier alpha value is -13.2. The molecule has 758 valence electrons. The lowest BCUT2D eigenvalue weighted by molar-refractivity contribution is -0.140. The number of aliphatic carboxylic acids is 1. The van der Waals surface area contributed by atoms with E-state index in [1.807, 2.05) is 12.2 Å². The van der Waals surface area contributed by atoms with Crippen molar-refractivity contribution in [3.63, 3.8) is 0 Å². The molecule has 0 saturated heterocycles. The summed E-state index contributed by atoms with van der Waals surface area (Å²) < 4.78 is 0. The van der Waals surface area contributed by atoms with Crippen LogP contribution in [0.1, 0.15) is 210 Å². The number of phenols is 1. The zero-order valence-corrected chi connectivity index (χ0v) is 81.3. The fourth-order valence-electron chi connectivity index (χ4n) is 15.5. The van der Waals surface area contributed by atoms with Crippen LogP contribution in [0.2, 0.25) is 0 Å². The van der Waals surface area contributed by atoms with E-state index < -0.39 is 251 Å². The number of aliphatic hydroxyl groups excluding tert-OH is 1. The molecule has 1 aliphatic rings. The number of likely N-dealkylation sites (N-methyl/N-ethyl adjacent to an activating group) is 1. The summed E-state index contributed by atoms with van der Waals surface area (Å²) in [5.74, 6) is -21.1. The number of nitrogens with zero attached hydrogens (tertiary/aromatic N) is 1. The molecule has 0 spiro atoms. The van der Waals surface area contributed by atoms with Crippen molar-refractivity contribution in [2.75, 3.05) is 20.1 Å². The van der Waals surface area contributed by atoms with Gasteiger partial charge in [-0.05, 0) is 173 Å². The number of allylic oxidation sites excluding steroid dienone is 2. The number of carboxylic acids is 1. The number of benzene rings is 3. The van der Waals surface area contributed by atoms with Crippen LogP contribution in [-0.4, -0.2) is 259 Å². The zero-order valence-electron chi connectivity index (χ0n) is 81.3. The van der Waals surface area contributed by atoms with E-state index in [2.05, 4.69) is 84.8 Å². The number of aromatic nitrogens is 1. The smallest absolute Gasteiger partial charge is 0.303 e. The molecule has 5 rings (SSSR count). The highest BCUT2D eigenvalue weighted by Crippen LogP contribution is 2.25. The van der Waals surface area contributed by atoms with Gasteiger partial charge in [-0.3, -0.25) is 95.9 Å². The summed E-state index contributed by atoms with van der Waals surface area (Å²) >= 11 is 0. The van der Waals surface area contributed by atoms with Gasteiger partial charge in [0.25, 0.3) is 0 Å². The first-order valence-electron chi connectivity index (χ1n) is 46.6. The molecule has 15 amide bonds. The van der Waals surface area contributed by atoms with Crippen LogP contribution in [0.5, 0.6) is 5.75 Å². The second kappa shape index (κ2) is 55.9. The quantitative estimate of drug-likeness (QED) is 0.0158. The lowest BCUT2D eigenvalue weighted by Gasteiger charge is -2.34. The van der Waals surface area contributed by atoms with Gasteiger partial charge in [0.15, 0.2) is 0 Å². The summed E-state index contributed by atoms with van der Waals surface area (Å²) in [7, 11) is 1.42. The molecule has 3 unspecified atom stereocenters. The number of carbonyl (C=O) groups is 20. The highest BCUT2D eigenvalue weighted by molar-refractivity contribution is 6.41. The molecule has 3 aromatic carbocycles. The number of nitrogens with one attached hydrogen (secondary N) is 16. The third-order valence-electron chi connectivity index (χ3n) is 23.4. The van der Waals surface area contributed by atoms with Gasteiger partial charge in [-0.25, -0.2) is 10.4 Å². The van der Waals surface area contributed by atoms with Crippen molar-refractivity contribution in [2.24, 2.45) is 29.2 Å². The Labute approximate surface area is 803 Å². The zero-order chi connectivity index (χ0) is 103. The van der Waals surface area contributed by atoms with Gasteiger partial charge in [0.05, 0.1) is 42.7 Å². The molecule has 0 bridgehead atoms. The van der Waals surface area contributed by atoms with Crippen molar-refractivity contribution in [1.29, 1.82) is 0 Å². The number of para-hydroxylation sites is 1. The maximum absolute atomic E-state index is 15.6. The first-order chi connectivity index (χ1) is 64.8. The van der Waals surface area contributed by atoms with Crippen molar-refractivity contribution in [3.05, 3.63) is 114 Å². The SMILES string of the molecule is CC(=O)N[C@@H](CC(C)C)C(=O)N[C@H](C(=O)N[C@@H](Cc1ccccc1)C(=O)N[C@]1(C)CCCCCC/C=C/CCC[C@@](C)(C(=O)NC(C)C(=O)N[C@@H](C)C(=O)NC(C)C(=O)N[C@@H](C)C(=O)C(=O)[C@H](C)NN(C)CC(N)=O)NC(=O)[C@H](CC(C)C)CN[C@@H](CCC(N)=O)C(=O)C(=O)[C@H](C)NC(=O)[C@H](Cc2c[nH]c3ccccc23)NC(=O)C(Cc2ccc(O)cc2)NC(=O)[C@H](CCC(=O)O)NC1=O)[C@@H](C)O. The van der Waals surface area contributed by atoms with E-state index in [-0.39, 0.29) is 82.0 Å². The number of carbonyl (C=O) groups excluding carboxylic acids is 19. The second-order valence-electron chi connectivity index (χ2n) is 36.9. The van der Waals surface area contributed by atoms with Gasteiger partial charge in [0.1, 0.15) is 71.2 Å². The van der Waals surface area contributed by atoms with E-state index >= 15 is 28.8 Å². The first kappa shape index (κ1) is 115. The molecule has 2 heterocycles. The van der Waals surface area contributed by atoms with Gasteiger partial charge in [-0.15, -0.1) is 0 Å². The van der Waals surface area contributed by atoms with Gasteiger partial charge in [-0.2, -0.15) is 0 Å². The maximum Gasteiger partial charge on any atom is 0.303 e. The average Bonchev–Trinajstić information content (AvgIpc) is 1.50. The van der Waals surface area contributed by atoms with Crippen LogP contribution in [0.15, 0.2) is 97.2 Å². The standard InChI is InChI=1S/C96H141N19O23/c1-52(2)44-65-50-100-69(38-40-75(97)119)82(126)80(124)55(6)102-88(132)74(48-64-49-99-68-33-27-26-32-67(64)68)108-89(133)72(47-63-34-36-66(118)37-35-63)107-87(131)70(39-41-77(121)122)110-94(138)96(14,113-91(135)73(46-62-30-24-23-25-31-62)109-92(136)78(60(11)116)111-90(134)71(45-53(3)4)106-61(12)117)43-29-22-20-18-16-17-19-21-28-42-95(13,112-86(65)130)93(137)105-59(10)85(129)104-58(9)84(128)103-57(8)83(127)101-54(5)79(123)81(125)56(7)114-115(15)51-76(98)120/h17,19,23-27,30-37,49,52-60,65,69-74,78,99-100,114,116,118H,16,18,20-22,28-29,38-48,50-51H2,1-15H3,(H2,97,119)(H2,98,120)(H,101,127)(H,102,132)(H,103,128)(H,104,129)(H,105,137)(H,106,117)(H,107,131)(H,108,133)(H,109,136)(H,110,138)(H,111,134)(H,112,130)(H,113,135)(H,121,122)/b19-17+/t54-,55-,56-,57?,58-,59?,60+,65+,69-,70-,71-,72?,73-,74-,78-,95-,96+/m0/s1. The Kier molecular flexibility index (Phi) is 46.7. The van der Waals surface area contributed by atoms with Crippen molar-refractivity contribution < 1.29 is 111 Å². The molecule has 0 radical (unpaired) electrons. The third kappa shape index (κ3) is 38.4. The third-order valence-corrected chi connectivity index (χ3v) is 23.4. The molecule has 1 aliphatic heterocycles. The normalized spacial score (nSPS) is 21.8. The largest absolute Gasteiger partial charge is 0.508 e. The first-order valence-corrected chi connectivity index (χ1v) is 46.6.